The Kier molecular flexibility index (Phi) is 3.31. The molecule has 0 aliphatic rings. The fourth-order valence-electron chi connectivity index (χ4n) is 1.33. The highest BCUT2D eigenvalue weighted by Crippen LogP contribution is 2.14. The number of hydrogen-bond donors (Lipinski definition) is 1. The molecule has 0 aliphatic carbocycles. The largest absolute Gasteiger partial charge is 0.347 e. The summed E-state index contributed by atoms with van der Waals surface area (Å²) in [5, 5.41) is 2.86. The molecule has 82 valence electrons. The first-order valence-corrected chi connectivity index (χ1v) is 5.81. The topological polar surface area (TPSA) is 42.0 Å². The maximum atomic E-state index is 11.7. The number of thiophene rings is 1. The van der Waals surface area contributed by atoms with Crippen LogP contribution in [-0.2, 0) is 6.54 Å². The normalized spacial score (nSPS) is 10.1. The van der Waals surface area contributed by atoms with Crippen molar-refractivity contribution in [2.24, 2.45) is 0 Å². The van der Waals surface area contributed by atoms with E-state index in [1.54, 1.807) is 12.4 Å². The van der Waals surface area contributed by atoms with E-state index in [-0.39, 0.29) is 5.91 Å². The first-order valence-electron chi connectivity index (χ1n) is 4.99. The Balaban J connectivity index is 1.94. The second-order valence-corrected chi connectivity index (χ2v) is 4.74. The summed E-state index contributed by atoms with van der Waals surface area (Å²) in [6, 6.07) is 7.59. The molecular weight excluding hydrogens is 220 g/mol. The number of hydrogen-bond acceptors (Lipinski definition) is 3. The highest BCUT2D eigenvalue weighted by molar-refractivity contribution is 7.13. The number of nitrogens with zero attached hydrogens (tertiary/aromatic N) is 1. The lowest BCUT2D eigenvalue weighted by atomic mass is 10.3. The highest BCUT2D eigenvalue weighted by atomic mass is 32.1. The zero-order chi connectivity index (χ0) is 11.4. The molecule has 1 N–H and O–H groups in total. The summed E-state index contributed by atoms with van der Waals surface area (Å²) >= 11 is 1.50. The number of nitrogens with one attached hydrogen (secondary N) is 1. The van der Waals surface area contributed by atoms with E-state index < -0.39 is 0 Å². The van der Waals surface area contributed by atoms with Gasteiger partial charge >= 0.3 is 0 Å². The van der Waals surface area contributed by atoms with Crippen LogP contribution in [-0.4, -0.2) is 10.9 Å². The Morgan fingerprint density at radius 1 is 1.44 bits per heavy atom. The minimum Gasteiger partial charge on any atom is -0.347 e. The van der Waals surface area contributed by atoms with Gasteiger partial charge in [-0.15, -0.1) is 11.3 Å². The molecule has 0 atom stereocenters. The minimum absolute atomic E-state index is 0.0260. The maximum absolute atomic E-state index is 11.7. The van der Waals surface area contributed by atoms with E-state index in [0.29, 0.717) is 6.54 Å². The number of rotatable bonds is 3. The van der Waals surface area contributed by atoms with E-state index in [0.717, 1.165) is 15.3 Å². The summed E-state index contributed by atoms with van der Waals surface area (Å²) in [6.07, 6.45) is 3.47. The van der Waals surface area contributed by atoms with Crippen molar-refractivity contribution in [2.75, 3.05) is 0 Å². The fourth-order valence-corrected chi connectivity index (χ4v) is 2.11. The molecule has 0 saturated heterocycles. The van der Waals surface area contributed by atoms with Crippen LogP contribution in [0.2, 0.25) is 0 Å². The van der Waals surface area contributed by atoms with E-state index in [1.165, 1.54) is 11.3 Å². The van der Waals surface area contributed by atoms with Crippen LogP contribution in [0, 0.1) is 6.92 Å². The fraction of sp³-hybridized carbons (Fsp3) is 0.167. The summed E-state index contributed by atoms with van der Waals surface area (Å²) in [5.41, 5.74) is 1.00. The lowest BCUT2D eigenvalue weighted by Crippen LogP contribution is -2.21. The van der Waals surface area contributed by atoms with Gasteiger partial charge in [-0.1, -0.05) is 6.07 Å². The first kappa shape index (κ1) is 10.8. The Morgan fingerprint density at radius 2 is 2.31 bits per heavy atom. The second kappa shape index (κ2) is 4.90. The molecule has 0 bridgehead atoms. The molecule has 0 aromatic carbocycles. The smallest absolute Gasteiger partial charge is 0.261 e. The van der Waals surface area contributed by atoms with Crippen LogP contribution in [0.1, 0.15) is 20.1 Å². The van der Waals surface area contributed by atoms with E-state index in [1.807, 2.05) is 31.2 Å². The van der Waals surface area contributed by atoms with Gasteiger partial charge in [0.25, 0.3) is 5.91 Å². The van der Waals surface area contributed by atoms with Crippen LogP contribution in [0.3, 0.4) is 0 Å². The van der Waals surface area contributed by atoms with E-state index >= 15 is 0 Å². The van der Waals surface area contributed by atoms with Gasteiger partial charge in [0.1, 0.15) is 0 Å². The molecular formula is C12H12N2OS. The van der Waals surface area contributed by atoms with Crippen LogP contribution in [0.15, 0.2) is 36.7 Å². The molecule has 4 heteroatoms. The van der Waals surface area contributed by atoms with E-state index in [4.69, 9.17) is 0 Å². The van der Waals surface area contributed by atoms with Gasteiger partial charge in [0.05, 0.1) is 4.88 Å². The van der Waals surface area contributed by atoms with Crippen LogP contribution in [0.25, 0.3) is 0 Å². The van der Waals surface area contributed by atoms with Gasteiger partial charge in [0.2, 0.25) is 0 Å². The molecule has 2 aromatic rings. The van der Waals surface area contributed by atoms with Crippen molar-refractivity contribution < 1.29 is 4.79 Å². The van der Waals surface area contributed by atoms with Gasteiger partial charge in [-0.05, 0) is 30.7 Å². The zero-order valence-corrected chi connectivity index (χ0v) is 9.75. The second-order valence-electron chi connectivity index (χ2n) is 3.45. The third kappa shape index (κ3) is 2.67. The molecule has 16 heavy (non-hydrogen) atoms. The van der Waals surface area contributed by atoms with Gasteiger partial charge in [-0.25, -0.2) is 0 Å². The van der Waals surface area contributed by atoms with Gasteiger partial charge in [-0.3, -0.25) is 9.78 Å². The zero-order valence-electron chi connectivity index (χ0n) is 8.93. The third-order valence-corrected chi connectivity index (χ3v) is 3.14. The molecule has 1 amide bonds. The molecule has 0 saturated carbocycles. The minimum atomic E-state index is -0.0260. The van der Waals surface area contributed by atoms with Crippen molar-refractivity contribution in [3.8, 4) is 0 Å². The van der Waals surface area contributed by atoms with Crippen LogP contribution in [0.4, 0.5) is 0 Å². The van der Waals surface area contributed by atoms with Crippen molar-refractivity contribution >= 4 is 17.2 Å². The summed E-state index contributed by atoms with van der Waals surface area (Å²) in [4.78, 5) is 17.6. The number of aromatic nitrogens is 1. The highest BCUT2D eigenvalue weighted by Gasteiger charge is 2.06. The third-order valence-electron chi connectivity index (χ3n) is 2.14. The number of carbonyl (C=O) groups is 1. The summed E-state index contributed by atoms with van der Waals surface area (Å²) in [5.74, 6) is -0.0260. The number of aryl methyl sites for hydroxylation is 1. The standard InChI is InChI=1S/C12H12N2OS/c1-9-4-5-11(16-9)12(15)14-8-10-3-2-6-13-7-10/h2-7H,8H2,1H3,(H,14,15). The molecule has 2 rings (SSSR count). The van der Waals surface area contributed by atoms with Crippen molar-refractivity contribution in [2.45, 2.75) is 13.5 Å². The predicted octanol–water partition coefficient (Wildman–Crippen LogP) is 2.38. The first-order chi connectivity index (χ1) is 7.75. The van der Waals surface area contributed by atoms with Crippen LogP contribution < -0.4 is 5.32 Å². The molecule has 0 fully saturated rings. The van der Waals surface area contributed by atoms with Crippen molar-refractivity contribution in [1.29, 1.82) is 0 Å². The quantitative estimate of drug-likeness (QED) is 0.882. The molecule has 0 unspecified atom stereocenters. The van der Waals surface area contributed by atoms with Crippen LogP contribution in [0.5, 0.6) is 0 Å². The number of pyridine rings is 1. The molecule has 2 heterocycles. The number of carbonyl (C=O) groups excluding carboxylic acids is 1. The lowest BCUT2D eigenvalue weighted by molar-refractivity contribution is 0.0955. The monoisotopic (exact) mass is 232 g/mol. The summed E-state index contributed by atoms with van der Waals surface area (Å²) in [6.45, 7) is 2.51. The number of amides is 1. The predicted molar refractivity (Wildman–Crippen MR) is 64.5 cm³/mol. The van der Waals surface area contributed by atoms with Crippen LogP contribution >= 0.6 is 11.3 Å². The average molecular weight is 232 g/mol. The summed E-state index contributed by atoms with van der Waals surface area (Å²) in [7, 11) is 0. The van der Waals surface area contributed by atoms with E-state index in [2.05, 4.69) is 10.3 Å². The molecule has 0 aliphatic heterocycles. The van der Waals surface area contributed by atoms with Gasteiger partial charge in [0, 0.05) is 23.8 Å². The molecule has 3 nitrogen and oxygen atoms in total. The van der Waals surface area contributed by atoms with Crippen molar-refractivity contribution in [3.63, 3.8) is 0 Å². The molecule has 0 radical (unpaired) electrons. The summed E-state index contributed by atoms with van der Waals surface area (Å²) < 4.78 is 0. The molecule has 0 spiro atoms. The Morgan fingerprint density at radius 3 is 2.94 bits per heavy atom. The Hall–Kier alpha value is -1.68. The van der Waals surface area contributed by atoms with Crippen molar-refractivity contribution in [1.82, 2.24) is 10.3 Å². The van der Waals surface area contributed by atoms with Gasteiger partial charge in [-0.2, -0.15) is 0 Å². The lowest BCUT2D eigenvalue weighted by Gasteiger charge is -2.02. The SMILES string of the molecule is Cc1ccc(C(=O)NCc2cccnc2)s1. The van der Waals surface area contributed by atoms with E-state index in [9.17, 15) is 4.79 Å². The Labute approximate surface area is 98.2 Å². The van der Waals surface area contributed by atoms with Crippen molar-refractivity contribution in [3.05, 3.63) is 52.0 Å². The maximum Gasteiger partial charge on any atom is 0.261 e. The average Bonchev–Trinajstić information content (AvgIpc) is 2.74. The van der Waals surface area contributed by atoms with Gasteiger partial charge in [0.15, 0.2) is 0 Å². The Bertz CT molecular complexity index is 479. The van der Waals surface area contributed by atoms with Gasteiger partial charge < -0.3 is 5.32 Å². The molecule has 2 aromatic heterocycles.